The highest BCUT2D eigenvalue weighted by molar-refractivity contribution is 5.71. The number of nitrogens with zero attached hydrogens (tertiary/aromatic N) is 3. The van der Waals surface area contributed by atoms with Crippen molar-refractivity contribution in [2.45, 2.75) is 13.3 Å². The van der Waals surface area contributed by atoms with Gasteiger partial charge in [0.05, 0.1) is 26.3 Å². The number of nitro benzene ring substituents is 1. The van der Waals surface area contributed by atoms with Crippen LogP contribution in [0.1, 0.15) is 13.3 Å². The van der Waals surface area contributed by atoms with E-state index < -0.39 is 4.92 Å². The van der Waals surface area contributed by atoms with Crippen molar-refractivity contribution in [3.05, 3.63) is 40.4 Å². The Hall–Kier alpha value is -3.82. The minimum atomic E-state index is -0.446. The number of anilines is 1. The minimum Gasteiger partial charge on any atom is -0.493 e. The SMILES string of the molecule is CCCNc1ccc(-c2nc(-c3cc(OC)c(OC)c(OC)c3)no2)cc1[N+](=O)[O-]. The van der Waals surface area contributed by atoms with Gasteiger partial charge in [-0.2, -0.15) is 4.98 Å². The van der Waals surface area contributed by atoms with Crippen molar-refractivity contribution in [3.63, 3.8) is 0 Å². The molecule has 3 aromatic rings. The van der Waals surface area contributed by atoms with Crippen molar-refractivity contribution in [2.75, 3.05) is 33.2 Å². The standard InChI is InChI=1S/C20H22N4O6/c1-5-8-21-14-7-6-12(9-15(14)24(25)26)20-22-19(23-30-20)13-10-16(27-2)18(29-4)17(11-13)28-3/h6-7,9-11,21H,5,8H2,1-4H3. The molecule has 1 heterocycles. The van der Waals surface area contributed by atoms with Crippen LogP contribution in [-0.4, -0.2) is 42.9 Å². The summed E-state index contributed by atoms with van der Waals surface area (Å²) < 4.78 is 21.4. The first kappa shape index (κ1) is 20.9. The molecule has 0 bridgehead atoms. The summed E-state index contributed by atoms with van der Waals surface area (Å²) >= 11 is 0. The first-order valence-corrected chi connectivity index (χ1v) is 9.19. The number of hydrogen-bond acceptors (Lipinski definition) is 9. The van der Waals surface area contributed by atoms with Crippen molar-refractivity contribution in [1.82, 2.24) is 10.1 Å². The van der Waals surface area contributed by atoms with E-state index in [2.05, 4.69) is 15.5 Å². The van der Waals surface area contributed by atoms with Crippen molar-refractivity contribution < 1.29 is 23.7 Å². The molecule has 10 heteroatoms. The van der Waals surface area contributed by atoms with Gasteiger partial charge < -0.3 is 24.1 Å². The van der Waals surface area contributed by atoms with Crippen LogP contribution in [0.25, 0.3) is 22.8 Å². The van der Waals surface area contributed by atoms with E-state index in [0.29, 0.717) is 40.6 Å². The Morgan fingerprint density at radius 3 is 2.33 bits per heavy atom. The van der Waals surface area contributed by atoms with Crippen LogP contribution in [0.5, 0.6) is 17.2 Å². The van der Waals surface area contributed by atoms with Crippen LogP contribution < -0.4 is 19.5 Å². The Balaban J connectivity index is 1.99. The van der Waals surface area contributed by atoms with Gasteiger partial charge in [0, 0.05) is 23.7 Å². The Morgan fingerprint density at radius 2 is 1.77 bits per heavy atom. The number of rotatable bonds is 9. The van der Waals surface area contributed by atoms with Gasteiger partial charge in [0.2, 0.25) is 11.6 Å². The van der Waals surface area contributed by atoms with Crippen LogP contribution in [0.15, 0.2) is 34.9 Å². The second-order valence-electron chi connectivity index (χ2n) is 6.25. The highest BCUT2D eigenvalue weighted by Crippen LogP contribution is 2.41. The van der Waals surface area contributed by atoms with E-state index in [1.165, 1.54) is 27.4 Å². The highest BCUT2D eigenvalue weighted by Gasteiger charge is 2.20. The maximum atomic E-state index is 11.5. The first-order valence-electron chi connectivity index (χ1n) is 9.19. The molecule has 0 atom stereocenters. The normalized spacial score (nSPS) is 10.5. The highest BCUT2D eigenvalue weighted by atomic mass is 16.6. The lowest BCUT2D eigenvalue weighted by Crippen LogP contribution is -2.03. The second-order valence-corrected chi connectivity index (χ2v) is 6.25. The van der Waals surface area contributed by atoms with Crippen LogP contribution in [-0.2, 0) is 0 Å². The van der Waals surface area contributed by atoms with E-state index in [1.54, 1.807) is 24.3 Å². The van der Waals surface area contributed by atoms with Gasteiger partial charge >= 0.3 is 0 Å². The Labute approximate surface area is 172 Å². The van der Waals surface area contributed by atoms with Crippen LogP contribution in [0.2, 0.25) is 0 Å². The molecule has 0 radical (unpaired) electrons. The zero-order valence-electron chi connectivity index (χ0n) is 17.1. The fourth-order valence-corrected chi connectivity index (χ4v) is 2.89. The van der Waals surface area contributed by atoms with Crippen molar-refractivity contribution in [2.24, 2.45) is 0 Å². The van der Waals surface area contributed by atoms with Crippen molar-refractivity contribution in [3.8, 4) is 40.1 Å². The molecule has 10 nitrogen and oxygen atoms in total. The summed E-state index contributed by atoms with van der Waals surface area (Å²) in [7, 11) is 4.53. The van der Waals surface area contributed by atoms with Crippen molar-refractivity contribution >= 4 is 11.4 Å². The lowest BCUT2D eigenvalue weighted by molar-refractivity contribution is -0.383. The molecular formula is C20H22N4O6. The van der Waals surface area contributed by atoms with E-state index in [4.69, 9.17) is 18.7 Å². The van der Waals surface area contributed by atoms with Crippen molar-refractivity contribution in [1.29, 1.82) is 0 Å². The Kier molecular flexibility index (Phi) is 6.35. The van der Waals surface area contributed by atoms with Gasteiger partial charge in [-0.25, -0.2) is 0 Å². The molecule has 3 rings (SSSR count). The zero-order chi connectivity index (χ0) is 21.7. The van der Waals surface area contributed by atoms with Gasteiger partial charge in [-0.1, -0.05) is 12.1 Å². The zero-order valence-corrected chi connectivity index (χ0v) is 17.1. The number of nitrogens with one attached hydrogen (secondary N) is 1. The summed E-state index contributed by atoms with van der Waals surface area (Å²) in [5.74, 6) is 1.77. The molecule has 1 aromatic heterocycles. The Morgan fingerprint density at radius 1 is 1.07 bits per heavy atom. The summed E-state index contributed by atoms with van der Waals surface area (Å²) in [5, 5.41) is 18.5. The van der Waals surface area contributed by atoms with Gasteiger partial charge in [0.1, 0.15) is 5.69 Å². The van der Waals surface area contributed by atoms with Crippen LogP contribution in [0, 0.1) is 10.1 Å². The van der Waals surface area contributed by atoms with E-state index in [-0.39, 0.29) is 17.4 Å². The molecule has 158 valence electrons. The molecule has 0 unspecified atom stereocenters. The smallest absolute Gasteiger partial charge is 0.293 e. The van der Waals surface area contributed by atoms with E-state index in [0.717, 1.165) is 6.42 Å². The molecule has 0 amide bonds. The number of nitro groups is 1. The molecule has 0 aliphatic carbocycles. The van der Waals surface area contributed by atoms with Crippen LogP contribution in [0.4, 0.5) is 11.4 Å². The predicted molar refractivity (Wildman–Crippen MR) is 110 cm³/mol. The van der Waals surface area contributed by atoms with Gasteiger partial charge in [-0.3, -0.25) is 10.1 Å². The summed E-state index contributed by atoms with van der Waals surface area (Å²) in [6.07, 6.45) is 0.848. The van der Waals surface area contributed by atoms with Crippen LogP contribution >= 0.6 is 0 Å². The maximum Gasteiger partial charge on any atom is 0.293 e. The molecule has 0 aliphatic heterocycles. The largest absolute Gasteiger partial charge is 0.493 e. The molecule has 2 aromatic carbocycles. The average molecular weight is 414 g/mol. The molecule has 0 aliphatic rings. The first-order chi connectivity index (χ1) is 14.5. The van der Waals surface area contributed by atoms with E-state index in [9.17, 15) is 10.1 Å². The predicted octanol–water partition coefficient (Wildman–Crippen LogP) is 4.16. The third kappa shape index (κ3) is 4.12. The fraction of sp³-hybridized carbons (Fsp3) is 0.300. The Bertz CT molecular complexity index is 1020. The lowest BCUT2D eigenvalue weighted by Gasteiger charge is -2.12. The topological polar surface area (TPSA) is 122 Å². The fourth-order valence-electron chi connectivity index (χ4n) is 2.89. The van der Waals surface area contributed by atoms with E-state index >= 15 is 0 Å². The summed E-state index contributed by atoms with van der Waals surface area (Å²) in [4.78, 5) is 15.4. The third-order valence-electron chi connectivity index (χ3n) is 4.36. The number of hydrogen-bond donors (Lipinski definition) is 1. The summed E-state index contributed by atoms with van der Waals surface area (Å²) in [6, 6.07) is 8.11. The molecule has 0 saturated carbocycles. The molecule has 0 saturated heterocycles. The molecule has 0 fully saturated rings. The number of ether oxygens (including phenoxy) is 3. The quantitative estimate of drug-likeness (QED) is 0.406. The van der Waals surface area contributed by atoms with Gasteiger partial charge in [-0.15, -0.1) is 0 Å². The number of benzene rings is 2. The molecular weight excluding hydrogens is 392 g/mol. The minimum absolute atomic E-state index is 0.0616. The lowest BCUT2D eigenvalue weighted by atomic mass is 10.1. The van der Waals surface area contributed by atoms with Crippen LogP contribution in [0.3, 0.4) is 0 Å². The molecule has 30 heavy (non-hydrogen) atoms. The van der Waals surface area contributed by atoms with Gasteiger partial charge in [0.15, 0.2) is 11.5 Å². The van der Waals surface area contributed by atoms with Gasteiger partial charge in [0.25, 0.3) is 11.6 Å². The van der Waals surface area contributed by atoms with Gasteiger partial charge in [-0.05, 0) is 30.7 Å². The summed E-state index contributed by atoms with van der Waals surface area (Å²) in [5.41, 5.74) is 1.40. The average Bonchev–Trinajstić information content (AvgIpc) is 3.26. The monoisotopic (exact) mass is 414 g/mol. The molecule has 0 spiro atoms. The third-order valence-corrected chi connectivity index (χ3v) is 4.36. The number of aromatic nitrogens is 2. The molecule has 1 N–H and O–H groups in total. The second kappa shape index (κ2) is 9.12. The van der Waals surface area contributed by atoms with E-state index in [1.807, 2.05) is 6.92 Å². The number of methoxy groups -OCH3 is 3. The summed E-state index contributed by atoms with van der Waals surface area (Å²) in [6.45, 7) is 2.61. The maximum absolute atomic E-state index is 11.5.